The fourth-order valence-corrected chi connectivity index (χ4v) is 2.31. The molecule has 4 nitrogen and oxygen atoms in total. The van der Waals surface area contributed by atoms with Gasteiger partial charge in [-0.25, -0.2) is 8.42 Å². The van der Waals surface area contributed by atoms with Gasteiger partial charge in [0.25, 0.3) is 0 Å². The fraction of sp³-hybridized carbons (Fsp3) is 1.00. The van der Waals surface area contributed by atoms with Crippen LogP contribution < -0.4 is 5.32 Å². The van der Waals surface area contributed by atoms with Gasteiger partial charge in [-0.1, -0.05) is 6.92 Å². The molecule has 0 spiro atoms. The van der Waals surface area contributed by atoms with Crippen LogP contribution in [0.1, 0.15) is 27.2 Å². The zero-order valence-corrected chi connectivity index (χ0v) is 10.1. The first kappa shape index (κ1) is 13.9. The van der Waals surface area contributed by atoms with Gasteiger partial charge in [0.1, 0.15) is 0 Å². The third kappa shape index (κ3) is 3.94. The van der Waals surface area contributed by atoms with Crippen LogP contribution in [-0.2, 0) is 9.84 Å². The summed E-state index contributed by atoms with van der Waals surface area (Å²) in [5, 5.41) is 12.1. The van der Waals surface area contributed by atoms with Crippen molar-refractivity contribution in [3.8, 4) is 0 Å². The first-order valence-electron chi connectivity index (χ1n) is 4.92. The Hall–Kier alpha value is -0.130. The molecular formula is C9H21NO3S. The van der Waals surface area contributed by atoms with Crippen molar-refractivity contribution in [2.45, 2.75) is 44.6 Å². The van der Waals surface area contributed by atoms with Crippen LogP contribution in [0.5, 0.6) is 0 Å². The van der Waals surface area contributed by atoms with Gasteiger partial charge in [0.15, 0.2) is 9.84 Å². The maximum Gasteiger partial charge on any atom is 0.155 e. The predicted octanol–water partition coefficient (Wildman–Crippen LogP) is 0.168. The number of likely N-dealkylation sites (N-methyl/N-ethyl adjacent to an activating group) is 1. The van der Waals surface area contributed by atoms with E-state index < -0.39 is 21.2 Å². The van der Waals surface area contributed by atoms with Crippen LogP contribution in [0.2, 0.25) is 0 Å². The molecule has 0 aromatic carbocycles. The number of hydrogen-bond donors (Lipinski definition) is 2. The van der Waals surface area contributed by atoms with Gasteiger partial charge in [-0.3, -0.25) is 0 Å². The first-order valence-corrected chi connectivity index (χ1v) is 6.63. The SMILES string of the molecule is CCC(NC)C(O)CS(=O)(=O)C(C)C. The molecule has 0 rings (SSSR count). The number of aliphatic hydroxyl groups excluding tert-OH is 1. The predicted molar refractivity (Wildman–Crippen MR) is 58.1 cm³/mol. The van der Waals surface area contributed by atoms with Gasteiger partial charge in [-0.15, -0.1) is 0 Å². The van der Waals surface area contributed by atoms with Crippen molar-refractivity contribution >= 4 is 9.84 Å². The lowest BCUT2D eigenvalue weighted by Gasteiger charge is -2.21. The Kier molecular flexibility index (Phi) is 5.63. The van der Waals surface area contributed by atoms with E-state index >= 15 is 0 Å². The summed E-state index contributed by atoms with van der Waals surface area (Å²) in [5.74, 6) is -0.163. The molecule has 2 N–H and O–H groups in total. The molecule has 0 heterocycles. The van der Waals surface area contributed by atoms with Gasteiger partial charge < -0.3 is 10.4 Å². The Morgan fingerprint density at radius 2 is 1.86 bits per heavy atom. The topological polar surface area (TPSA) is 66.4 Å². The minimum atomic E-state index is -3.15. The minimum Gasteiger partial charge on any atom is -0.390 e. The highest BCUT2D eigenvalue weighted by atomic mass is 32.2. The van der Waals surface area contributed by atoms with Crippen molar-refractivity contribution in [2.75, 3.05) is 12.8 Å². The standard InChI is InChI=1S/C9H21NO3S/c1-5-8(10-4)9(11)6-14(12,13)7(2)3/h7-11H,5-6H2,1-4H3. The van der Waals surface area contributed by atoms with Crippen LogP contribution in [-0.4, -0.2) is 43.7 Å². The third-order valence-corrected chi connectivity index (χ3v) is 4.64. The Morgan fingerprint density at radius 1 is 1.36 bits per heavy atom. The van der Waals surface area contributed by atoms with E-state index in [2.05, 4.69) is 5.32 Å². The molecule has 2 unspecified atom stereocenters. The first-order chi connectivity index (χ1) is 6.35. The summed E-state index contributed by atoms with van der Waals surface area (Å²) in [5.41, 5.74) is 0. The van der Waals surface area contributed by atoms with Gasteiger partial charge in [-0.05, 0) is 27.3 Å². The maximum atomic E-state index is 11.5. The van der Waals surface area contributed by atoms with Crippen LogP contribution in [0.25, 0.3) is 0 Å². The zero-order valence-electron chi connectivity index (χ0n) is 9.32. The van der Waals surface area contributed by atoms with Crippen LogP contribution in [0, 0.1) is 0 Å². The van der Waals surface area contributed by atoms with E-state index in [1.165, 1.54) is 0 Å². The molecule has 0 saturated heterocycles. The lowest BCUT2D eigenvalue weighted by Crippen LogP contribution is -2.42. The highest BCUT2D eigenvalue weighted by Crippen LogP contribution is 2.07. The third-order valence-electron chi connectivity index (χ3n) is 2.40. The number of aliphatic hydroxyl groups is 1. The normalized spacial score (nSPS) is 17.0. The van der Waals surface area contributed by atoms with Crippen LogP contribution in [0.15, 0.2) is 0 Å². The molecular weight excluding hydrogens is 202 g/mol. The number of rotatable bonds is 6. The summed E-state index contributed by atoms with van der Waals surface area (Å²) < 4.78 is 23.0. The largest absolute Gasteiger partial charge is 0.390 e. The average molecular weight is 223 g/mol. The Morgan fingerprint density at radius 3 is 2.14 bits per heavy atom. The Balaban J connectivity index is 4.38. The van der Waals surface area contributed by atoms with E-state index in [9.17, 15) is 13.5 Å². The van der Waals surface area contributed by atoms with Gasteiger partial charge in [-0.2, -0.15) is 0 Å². The van der Waals surface area contributed by atoms with Crippen molar-refractivity contribution in [2.24, 2.45) is 0 Å². The quantitative estimate of drug-likeness (QED) is 0.673. The Bertz CT molecular complexity index is 245. The molecule has 86 valence electrons. The van der Waals surface area contributed by atoms with Gasteiger partial charge in [0.05, 0.1) is 17.1 Å². The molecule has 0 saturated carbocycles. The summed E-state index contributed by atoms with van der Waals surface area (Å²) >= 11 is 0. The molecule has 0 aromatic rings. The zero-order chi connectivity index (χ0) is 11.4. The fourth-order valence-electron chi connectivity index (χ4n) is 1.22. The lowest BCUT2D eigenvalue weighted by molar-refractivity contribution is 0.149. The average Bonchev–Trinajstić information content (AvgIpc) is 2.05. The van der Waals surface area contributed by atoms with Gasteiger partial charge >= 0.3 is 0 Å². The van der Waals surface area contributed by atoms with E-state index in [4.69, 9.17) is 0 Å². The van der Waals surface area contributed by atoms with E-state index in [0.717, 1.165) is 0 Å². The van der Waals surface area contributed by atoms with Crippen LogP contribution in [0.4, 0.5) is 0 Å². The lowest BCUT2D eigenvalue weighted by atomic mass is 10.1. The molecule has 0 radical (unpaired) electrons. The second-order valence-electron chi connectivity index (χ2n) is 3.75. The van der Waals surface area contributed by atoms with Crippen molar-refractivity contribution in [3.05, 3.63) is 0 Å². The van der Waals surface area contributed by atoms with E-state index in [0.29, 0.717) is 6.42 Å². The molecule has 0 aromatic heterocycles. The number of sulfone groups is 1. The highest BCUT2D eigenvalue weighted by Gasteiger charge is 2.25. The second kappa shape index (κ2) is 5.68. The summed E-state index contributed by atoms with van der Waals surface area (Å²) in [7, 11) is -1.43. The second-order valence-corrected chi connectivity index (χ2v) is 6.35. The summed E-state index contributed by atoms with van der Waals surface area (Å²) in [4.78, 5) is 0. The summed E-state index contributed by atoms with van der Waals surface area (Å²) in [6.45, 7) is 5.16. The van der Waals surface area contributed by atoms with Crippen molar-refractivity contribution < 1.29 is 13.5 Å². The van der Waals surface area contributed by atoms with Gasteiger partial charge in [0, 0.05) is 6.04 Å². The van der Waals surface area contributed by atoms with Crippen LogP contribution >= 0.6 is 0 Å². The number of nitrogens with one attached hydrogen (secondary N) is 1. The van der Waals surface area contributed by atoms with E-state index in [1.807, 2.05) is 6.92 Å². The van der Waals surface area contributed by atoms with Crippen molar-refractivity contribution in [1.29, 1.82) is 0 Å². The molecule has 0 aliphatic rings. The molecule has 0 fully saturated rings. The molecule has 2 atom stereocenters. The monoisotopic (exact) mass is 223 g/mol. The smallest absolute Gasteiger partial charge is 0.155 e. The van der Waals surface area contributed by atoms with Gasteiger partial charge in [0.2, 0.25) is 0 Å². The summed E-state index contributed by atoms with van der Waals surface area (Å²) in [6.07, 6.45) is -0.108. The summed E-state index contributed by atoms with van der Waals surface area (Å²) in [6, 6.07) is -0.150. The minimum absolute atomic E-state index is 0.150. The molecule has 0 amide bonds. The van der Waals surface area contributed by atoms with Crippen molar-refractivity contribution in [1.82, 2.24) is 5.32 Å². The van der Waals surface area contributed by atoms with Crippen molar-refractivity contribution in [3.63, 3.8) is 0 Å². The molecule has 5 heteroatoms. The highest BCUT2D eigenvalue weighted by molar-refractivity contribution is 7.92. The molecule has 14 heavy (non-hydrogen) atoms. The van der Waals surface area contributed by atoms with E-state index in [1.54, 1.807) is 20.9 Å². The molecule has 0 aliphatic heterocycles. The van der Waals surface area contributed by atoms with E-state index in [-0.39, 0.29) is 11.8 Å². The molecule has 0 bridgehead atoms. The maximum absolute atomic E-state index is 11.5. The molecule has 0 aliphatic carbocycles. The number of hydrogen-bond acceptors (Lipinski definition) is 4. The van der Waals surface area contributed by atoms with Crippen LogP contribution in [0.3, 0.4) is 0 Å². The Labute approximate surface area is 86.6 Å².